The quantitative estimate of drug-likeness (QED) is 0.719. The first kappa shape index (κ1) is 17.6. The number of aryl methyl sites for hydroxylation is 1. The summed E-state index contributed by atoms with van der Waals surface area (Å²) in [5, 5.41) is 23.1. The van der Waals surface area contributed by atoms with Gasteiger partial charge < -0.3 is 25.0 Å². The zero-order valence-corrected chi connectivity index (χ0v) is 14.4. The number of aromatic hydroxyl groups is 1. The van der Waals surface area contributed by atoms with Gasteiger partial charge in [0.2, 0.25) is 0 Å². The van der Waals surface area contributed by atoms with Crippen LogP contribution in [0, 0.1) is 0 Å². The van der Waals surface area contributed by atoms with Gasteiger partial charge in [-0.2, -0.15) is 0 Å². The highest BCUT2D eigenvalue weighted by Crippen LogP contribution is 2.26. The van der Waals surface area contributed by atoms with Crippen molar-refractivity contribution in [3.63, 3.8) is 0 Å². The van der Waals surface area contributed by atoms with Crippen LogP contribution >= 0.6 is 0 Å². The van der Waals surface area contributed by atoms with Gasteiger partial charge in [-0.25, -0.2) is 0 Å². The van der Waals surface area contributed by atoms with E-state index in [-0.39, 0.29) is 6.61 Å². The van der Waals surface area contributed by atoms with E-state index < -0.39 is 6.10 Å². The molecule has 0 bridgehead atoms. The van der Waals surface area contributed by atoms with Gasteiger partial charge in [-0.05, 0) is 54.7 Å². The number of phenols is 1. The van der Waals surface area contributed by atoms with Crippen LogP contribution < -0.4 is 14.8 Å². The van der Waals surface area contributed by atoms with E-state index in [1.54, 1.807) is 13.2 Å². The van der Waals surface area contributed by atoms with Crippen molar-refractivity contribution in [1.82, 2.24) is 5.32 Å². The molecule has 5 heteroatoms. The second kappa shape index (κ2) is 8.23. The molecule has 2 aromatic carbocycles. The minimum absolute atomic E-state index is 0.213. The van der Waals surface area contributed by atoms with Crippen LogP contribution in [0.4, 0.5) is 0 Å². The van der Waals surface area contributed by atoms with Crippen molar-refractivity contribution in [2.24, 2.45) is 0 Å². The van der Waals surface area contributed by atoms with Crippen LogP contribution in [0.25, 0.3) is 0 Å². The van der Waals surface area contributed by atoms with Crippen LogP contribution in [-0.2, 0) is 12.8 Å². The topological polar surface area (TPSA) is 71.0 Å². The molecule has 3 N–H and O–H groups in total. The first-order valence-corrected chi connectivity index (χ1v) is 8.63. The number of para-hydroxylation sites is 2. The molecule has 0 fully saturated rings. The van der Waals surface area contributed by atoms with Gasteiger partial charge in [0.15, 0.2) is 11.5 Å². The summed E-state index contributed by atoms with van der Waals surface area (Å²) >= 11 is 0. The fraction of sp³-hybridized carbons (Fsp3) is 0.400. The van der Waals surface area contributed by atoms with Gasteiger partial charge >= 0.3 is 0 Å². The highest BCUT2D eigenvalue weighted by molar-refractivity contribution is 5.39. The molecule has 0 saturated heterocycles. The van der Waals surface area contributed by atoms with Crippen molar-refractivity contribution in [3.8, 4) is 17.2 Å². The number of methoxy groups -OCH3 is 1. The number of benzene rings is 2. The molecular weight excluding hydrogens is 318 g/mol. The zero-order valence-electron chi connectivity index (χ0n) is 14.4. The first-order chi connectivity index (χ1) is 12.2. The molecule has 25 heavy (non-hydrogen) atoms. The van der Waals surface area contributed by atoms with E-state index in [9.17, 15) is 10.2 Å². The van der Waals surface area contributed by atoms with Crippen molar-refractivity contribution < 1.29 is 19.7 Å². The summed E-state index contributed by atoms with van der Waals surface area (Å²) in [6.07, 6.45) is 2.26. The Morgan fingerprint density at radius 2 is 1.96 bits per heavy atom. The summed E-state index contributed by atoms with van der Waals surface area (Å²) in [4.78, 5) is 0. The number of aliphatic hydroxyl groups excluding tert-OH is 1. The third kappa shape index (κ3) is 4.65. The van der Waals surface area contributed by atoms with Crippen molar-refractivity contribution >= 4 is 0 Å². The molecule has 0 aliphatic heterocycles. The largest absolute Gasteiger partial charge is 0.508 e. The number of aliphatic hydroxyl groups is 1. The molecule has 1 aliphatic carbocycles. The van der Waals surface area contributed by atoms with E-state index in [1.807, 2.05) is 36.4 Å². The highest BCUT2D eigenvalue weighted by Gasteiger charge is 2.19. The lowest BCUT2D eigenvalue weighted by atomic mass is 9.88. The molecule has 1 aliphatic rings. The summed E-state index contributed by atoms with van der Waals surface area (Å²) < 4.78 is 10.9. The molecule has 0 spiro atoms. The maximum Gasteiger partial charge on any atom is 0.161 e. The average Bonchev–Trinajstić information content (AvgIpc) is 2.64. The minimum atomic E-state index is -0.592. The average molecular weight is 343 g/mol. The smallest absolute Gasteiger partial charge is 0.161 e. The van der Waals surface area contributed by atoms with Gasteiger partial charge in [-0.1, -0.05) is 18.2 Å². The summed E-state index contributed by atoms with van der Waals surface area (Å²) in [6.45, 7) is 0.692. The number of fused-ring (bicyclic) bond motifs is 1. The summed E-state index contributed by atoms with van der Waals surface area (Å²) in [7, 11) is 1.60. The lowest BCUT2D eigenvalue weighted by Gasteiger charge is -2.26. The Labute approximate surface area is 148 Å². The molecule has 0 saturated carbocycles. The van der Waals surface area contributed by atoms with Gasteiger partial charge in [-0.3, -0.25) is 0 Å². The normalized spacial score (nSPS) is 17.6. The molecule has 0 heterocycles. The molecule has 5 nitrogen and oxygen atoms in total. The fourth-order valence-electron chi connectivity index (χ4n) is 3.20. The van der Waals surface area contributed by atoms with Gasteiger partial charge in [0, 0.05) is 12.6 Å². The standard InChI is InChI=1S/C20H25NO4/c1-24-19-4-2-3-5-20(19)25-13-18(23)12-21-16-8-6-15-11-17(22)9-7-14(15)10-16/h2-5,7,9,11,16,18,21-23H,6,8,10,12-13H2,1H3. The summed E-state index contributed by atoms with van der Waals surface area (Å²) in [6, 6.07) is 13.3. The Kier molecular flexibility index (Phi) is 5.79. The SMILES string of the molecule is COc1ccccc1OCC(O)CNC1CCc2cc(O)ccc2C1. The summed E-state index contributed by atoms with van der Waals surface area (Å²) in [5.41, 5.74) is 2.49. The van der Waals surface area contributed by atoms with E-state index in [0.29, 0.717) is 29.8 Å². The number of rotatable bonds is 7. The second-order valence-electron chi connectivity index (χ2n) is 6.42. The molecule has 0 aromatic heterocycles. The van der Waals surface area contributed by atoms with Gasteiger partial charge in [-0.15, -0.1) is 0 Å². The second-order valence-corrected chi connectivity index (χ2v) is 6.42. The van der Waals surface area contributed by atoms with E-state index in [0.717, 1.165) is 19.3 Å². The van der Waals surface area contributed by atoms with Gasteiger partial charge in [0.25, 0.3) is 0 Å². The van der Waals surface area contributed by atoms with Crippen LogP contribution in [0.3, 0.4) is 0 Å². The first-order valence-electron chi connectivity index (χ1n) is 8.63. The van der Waals surface area contributed by atoms with Crippen LogP contribution in [0.5, 0.6) is 17.2 Å². The number of phenolic OH excluding ortho intramolecular Hbond substituents is 1. The molecule has 134 valence electrons. The number of nitrogens with one attached hydrogen (secondary N) is 1. The maximum absolute atomic E-state index is 10.2. The third-order valence-electron chi connectivity index (χ3n) is 4.56. The monoisotopic (exact) mass is 343 g/mol. The van der Waals surface area contributed by atoms with Crippen molar-refractivity contribution in [1.29, 1.82) is 0 Å². The highest BCUT2D eigenvalue weighted by atomic mass is 16.5. The Balaban J connectivity index is 1.45. The van der Waals surface area contributed by atoms with Crippen molar-refractivity contribution in [2.75, 3.05) is 20.3 Å². The Morgan fingerprint density at radius 3 is 2.76 bits per heavy atom. The van der Waals surface area contributed by atoms with E-state index in [4.69, 9.17) is 9.47 Å². The lowest BCUT2D eigenvalue weighted by Crippen LogP contribution is -2.40. The zero-order chi connectivity index (χ0) is 17.6. The van der Waals surface area contributed by atoms with Crippen LogP contribution in [0.1, 0.15) is 17.5 Å². The van der Waals surface area contributed by atoms with Crippen molar-refractivity contribution in [2.45, 2.75) is 31.4 Å². The molecule has 2 aromatic rings. The third-order valence-corrected chi connectivity index (χ3v) is 4.56. The molecular formula is C20H25NO4. The van der Waals surface area contributed by atoms with Crippen LogP contribution in [0.15, 0.2) is 42.5 Å². The Bertz CT molecular complexity index is 704. The van der Waals surface area contributed by atoms with E-state index in [2.05, 4.69) is 5.32 Å². The maximum atomic E-state index is 10.2. The van der Waals surface area contributed by atoms with Gasteiger partial charge in [0.05, 0.1) is 7.11 Å². The summed E-state index contributed by atoms with van der Waals surface area (Å²) in [5.74, 6) is 1.62. The molecule has 3 rings (SSSR count). The Hall–Kier alpha value is -2.24. The Morgan fingerprint density at radius 1 is 1.16 bits per heavy atom. The number of ether oxygens (including phenoxy) is 2. The van der Waals surface area contributed by atoms with Crippen LogP contribution in [-0.4, -0.2) is 42.6 Å². The van der Waals surface area contributed by atoms with Crippen LogP contribution in [0.2, 0.25) is 0 Å². The molecule has 0 radical (unpaired) electrons. The number of hydrogen-bond acceptors (Lipinski definition) is 5. The molecule has 2 unspecified atom stereocenters. The predicted molar refractivity (Wildman–Crippen MR) is 96.4 cm³/mol. The molecule has 0 amide bonds. The van der Waals surface area contributed by atoms with E-state index >= 15 is 0 Å². The lowest BCUT2D eigenvalue weighted by molar-refractivity contribution is 0.101. The molecule has 2 atom stereocenters. The van der Waals surface area contributed by atoms with Gasteiger partial charge in [0.1, 0.15) is 18.5 Å². The predicted octanol–water partition coefficient (Wildman–Crippen LogP) is 2.29. The number of hydrogen-bond donors (Lipinski definition) is 3. The van der Waals surface area contributed by atoms with Crippen molar-refractivity contribution in [3.05, 3.63) is 53.6 Å². The minimum Gasteiger partial charge on any atom is -0.508 e. The fourth-order valence-corrected chi connectivity index (χ4v) is 3.20. The van der Waals surface area contributed by atoms with E-state index in [1.165, 1.54) is 11.1 Å².